The number of pyridine rings is 1. The second-order valence-corrected chi connectivity index (χ2v) is 12.5. The molecule has 4 fully saturated rings. The summed E-state index contributed by atoms with van der Waals surface area (Å²) in [5, 5.41) is 4.21. The molecule has 5 atom stereocenters. The Balaban J connectivity index is 0.000000161. The van der Waals surface area contributed by atoms with Gasteiger partial charge in [-0.05, 0) is 81.9 Å². The van der Waals surface area contributed by atoms with Gasteiger partial charge in [-0.25, -0.2) is 0 Å². The first kappa shape index (κ1) is 26.3. The number of alkyl halides is 3. The SMILES string of the molecule is CC(C)n1ccc(-c2cncc(C(F)(F)F)c2)n1.O.O=S1CC[C@]2(CCN(C3C[C@@H]4C[C@@H]4C3)C2)C1. The molecule has 0 amide bonds. The van der Waals surface area contributed by atoms with E-state index in [4.69, 9.17) is 0 Å². The Morgan fingerprint density at radius 3 is 2.49 bits per heavy atom. The third-order valence-electron chi connectivity index (χ3n) is 8.03. The Bertz CT molecular complexity index is 1050. The van der Waals surface area contributed by atoms with Crippen LogP contribution in [-0.4, -0.2) is 60.0 Å². The van der Waals surface area contributed by atoms with Crippen LogP contribution in [0.3, 0.4) is 0 Å². The van der Waals surface area contributed by atoms with E-state index in [-0.39, 0.29) is 11.5 Å². The minimum atomic E-state index is -4.39. The molecule has 1 spiro atoms. The largest absolute Gasteiger partial charge is 0.417 e. The van der Waals surface area contributed by atoms with Gasteiger partial charge in [0.25, 0.3) is 0 Å². The molecule has 2 saturated carbocycles. The quantitative estimate of drug-likeness (QED) is 0.612. The fourth-order valence-corrected chi connectivity index (χ4v) is 7.78. The van der Waals surface area contributed by atoms with Crippen molar-refractivity contribution in [2.75, 3.05) is 24.6 Å². The lowest BCUT2D eigenvalue weighted by Crippen LogP contribution is -2.35. The van der Waals surface area contributed by atoms with Crippen molar-refractivity contribution in [3.63, 3.8) is 0 Å². The van der Waals surface area contributed by atoms with Gasteiger partial charge in [0.2, 0.25) is 0 Å². The van der Waals surface area contributed by atoms with Crippen molar-refractivity contribution in [3.05, 3.63) is 36.3 Å². The Hall–Kier alpha value is -1.78. The second-order valence-electron chi connectivity index (χ2n) is 10.9. The summed E-state index contributed by atoms with van der Waals surface area (Å²) in [4.78, 5) is 6.36. The zero-order valence-corrected chi connectivity index (χ0v) is 21.1. The molecule has 0 radical (unpaired) electrons. The summed E-state index contributed by atoms with van der Waals surface area (Å²) in [5.74, 6) is 4.17. The van der Waals surface area contributed by atoms with Gasteiger partial charge in [0.15, 0.2) is 0 Å². The maximum absolute atomic E-state index is 12.6. The van der Waals surface area contributed by atoms with Gasteiger partial charge in [0, 0.05) is 65.1 Å². The van der Waals surface area contributed by atoms with E-state index in [1.165, 1.54) is 51.4 Å². The fraction of sp³-hybridized carbons (Fsp3) is 0.680. The van der Waals surface area contributed by atoms with Gasteiger partial charge in [-0.2, -0.15) is 18.3 Å². The molecule has 6 rings (SSSR count). The molecule has 6 nitrogen and oxygen atoms in total. The van der Waals surface area contributed by atoms with Crippen molar-refractivity contribution < 1.29 is 22.9 Å². The van der Waals surface area contributed by atoms with Crippen LogP contribution < -0.4 is 0 Å². The highest BCUT2D eigenvalue weighted by Crippen LogP contribution is 2.54. The molecular formula is C25H35F3N4O2S. The standard InChI is InChI=1S/C13H21NOS.C12H12F3N3.H2O/c15-16-4-2-13(9-16)1-3-14(8-13)12-6-10-5-11(10)7-12;1-8(2)18-4-3-11(17-18)9-5-10(7-16-6-9)12(13,14)15;/h10-12H,1-9H2;3-8H,1-2H3;1H2/t10-,11+,12?,13-,16?;;/m0../s1. The highest BCUT2D eigenvalue weighted by molar-refractivity contribution is 7.85. The molecule has 4 heterocycles. The van der Waals surface area contributed by atoms with Crippen LogP contribution in [0.15, 0.2) is 30.7 Å². The monoisotopic (exact) mass is 512 g/mol. The zero-order chi connectivity index (χ0) is 24.1. The number of rotatable bonds is 3. The smallest absolute Gasteiger partial charge is 0.412 e. The van der Waals surface area contributed by atoms with Gasteiger partial charge in [-0.3, -0.25) is 18.8 Å². The van der Waals surface area contributed by atoms with E-state index < -0.39 is 22.5 Å². The lowest BCUT2D eigenvalue weighted by molar-refractivity contribution is -0.137. The molecule has 4 aliphatic rings. The van der Waals surface area contributed by atoms with Gasteiger partial charge in [0.1, 0.15) is 0 Å². The van der Waals surface area contributed by atoms with Crippen molar-refractivity contribution in [3.8, 4) is 11.3 Å². The maximum atomic E-state index is 12.6. The first-order valence-electron chi connectivity index (χ1n) is 12.3. The molecule has 2 saturated heterocycles. The number of likely N-dealkylation sites (tertiary alicyclic amines) is 1. The molecule has 2 N–H and O–H groups in total. The van der Waals surface area contributed by atoms with E-state index in [2.05, 4.69) is 15.0 Å². The number of hydrogen-bond acceptors (Lipinski definition) is 4. The summed E-state index contributed by atoms with van der Waals surface area (Å²) < 4.78 is 50.9. The molecule has 2 aromatic rings. The Kier molecular flexibility index (Phi) is 7.46. The van der Waals surface area contributed by atoms with E-state index in [0.29, 0.717) is 16.7 Å². The van der Waals surface area contributed by atoms with Crippen LogP contribution in [0.5, 0.6) is 0 Å². The molecule has 0 bridgehead atoms. The summed E-state index contributed by atoms with van der Waals surface area (Å²) in [6.07, 6.45) is 6.57. The zero-order valence-electron chi connectivity index (χ0n) is 20.3. The van der Waals surface area contributed by atoms with Crippen LogP contribution in [0.2, 0.25) is 0 Å². The molecule has 0 aromatic carbocycles. The average Bonchev–Trinajstić information content (AvgIpc) is 3.30. The van der Waals surface area contributed by atoms with Crippen LogP contribution in [0.4, 0.5) is 13.2 Å². The lowest BCUT2D eigenvalue weighted by Gasteiger charge is -2.27. The van der Waals surface area contributed by atoms with Crippen LogP contribution >= 0.6 is 0 Å². The predicted molar refractivity (Wildman–Crippen MR) is 130 cm³/mol. The van der Waals surface area contributed by atoms with Gasteiger partial charge in [-0.15, -0.1) is 0 Å². The van der Waals surface area contributed by atoms with Crippen molar-refractivity contribution >= 4 is 10.8 Å². The topological polar surface area (TPSA) is 82.5 Å². The Labute approximate surface area is 207 Å². The van der Waals surface area contributed by atoms with Crippen LogP contribution in [0, 0.1) is 17.3 Å². The fourth-order valence-electron chi connectivity index (χ4n) is 5.92. The van der Waals surface area contributed by atoms with E-state index >= 15 is 0 Å². The van der Waals surface area contributed by atoms with Crippen LogP contribution in [0.1, 0.15) is 57.6 Å². The van der Waals surface area contributed by atoms with Gasteiger partial charge >= 0.3 is 6.18 Å². The van der Waals surface area contributed by atoms with Crippen LogP contribution in [-0.2, 0) is 17.0 Å². The lowest BCUT2D eigenvalue weighted by atomic mass is 9.87. The molecule has 194 valence electrons. The van der Waals surface area contributed by atoms with E-state index in [0.717, 1.165) is 41.6 Å². The minimum Gasteiger partial charge on any atom is -0.412 e. The molecule has 35 heavy (non-hydrogen) atoms. The number of halogens is 3. The summed E-state index contributed by atoms with van der Waals surface area (Å²) in [5.41, 5.74) is 0.558. The number of hydrogen-bond donors (Lipinski definition) is 0. The van der Waals surface area contributed by atoms with Gasteiger partial charge in [-0.1, -0.05) is 0 Å². The van der Waals surface area contributed by atoms with E-state index in [1.54, 1.807) is 16.9 Å². The summed E-state index contributed by atoms with van der Waals surface area (Å²) in [6.45, 7) is 6.45. The summed E-state index contributed by atoms with van der Waals surface area (Å²) in [6, 6.07) is 3.80. The van der Waals surface area contributed by atoms with Crippen LogP contribution in [0.25, 0.3) is 11.3 Å². The molecule has 2 aromatic heterocycles. The maximum Gasteiger partial charge on any atom is 0.417 e. The minimum absolute atomic E-state index is 0. The summed E-state index contributed by atoms with van der Waals surface area (Å²) >= 11 is 0. The predicted octanol–water partition coefficient (Wildman–Crippen LogP) is 4.35. The van der Waals surface area contributed by atoms with Crippen molar-refractivity contribution in [1.29, 1.82) is 0 Å². The van der Waals surface area contributed by atoms with Gasteiger partial charge < -0.3 is 5.48 Å². The molecular weight excluding hydrogens is 477 g/mol. The van der Waals surface area contributed by atoms with Crippen molar-refractivity contribution in [1.82, 2.24) is 19.7 Å². The Morgan fingerprint density at radius 2 is 1.89 bits per heavy atom. The normalized spacial score (nSPS) is 31.8. The highest BCUT2D eigenvalue weighted by Gasteiger charge is 2.51. The Morgan fingerprint density at radius 1 is 1.14 bits per heavy atom. The molecule has 10 heteroatoms. The average molecular weight is 513 g/mol. The second kappa shape index (κ2) is 9.94. The van der Waals surface area contributed by atoms with E-state index in [9.17, 15) is 17.4 Å². The number of nitrogens with zero attached hydrogens (tertiary/aromatic N) is 4. The third-order valence-corrected chi connectivity index (χ3v) is 9.62. The van der Waals surface area contributed by atoms with E-state index in [1.807, 2.05) is 13.8 Å². The molecule has 2 aliphatic heterocycles. The highest BCUT2D eigenvalue weighted by atomic mass is 32.2. The number of aromatic nitrogens is 3. The molecule has 2 aliphatic carbocycles. The summed E-state index contributed by atoms with van der Waals surface area (Å²) in [7, 11) is -0.493. The van der Waals surface area contributed by atoms with Crippen molar-refractivity contribution in [2.24, 2.45) is 17.3 Å². The third kappa shape index (κ3) is 5.80. The van der Waals surface area contributed by atoms with Gasteiger partial charge in [0.05, 0.1) is 11.3 Å². The van der Waals surface area contributed by atoms with Crippen molar-refractivity contribution in [2.45, 2.75) is 64.2 Å². The number of fused-ring (bicyclic) bond motifs is 1. The molecule has 2 unspecified atom stereocenters. The first-order valence-corrected chi connectivity index (χ1v) is 13.8. The first-order chi connectivity index (χ1) is 16.1.